The van der Waals surface area contributed by atoms with Crippen molar-refractivity contribution in [1.29, 1.82) is 0 Å². The minimum Gasteiger partial charge on any atom is -0.488 e. The fourth-order valence-electron chi connectivity index (χ4n) is 1.08. The van der Waals surface area contributed by atoms with Gasteiger partial charge in [0.15, 0.2) is 5.75 Å². The molecule has 0 aromatic carbocycles. The summed E-state index contributed by atoms with van der Waals surface area (Å²) in [6.45, 7) is 1.54. The highest BCUT2D eigenvalue weighted by molar-refractivity contribution is 5.15. The van der Waals surface area contributed by atoms with Crippen molar-refractivity contribution >= 4 is 0 Å². The molecule has 4 heteroatoms. The van der Waals surface area contributed by atoms with Crippen LogP contribution in [0, 0.1) is 0 Å². The summed E-state index contributed by atoms with van der Waals surface area (Å²) < 4.78 is 5.32. The Balaban J connectivity index is 2.32. The molecular formula is C10H16N2O2. The Hall–Kier alpha value is -1.29. The highest BCUT2D eigenvalue weighted by atomic mass is 16.5. The van der Waals surface area contributed by atoms with E-state index < -0.39 is 0 Å². The smallest absolute Gasteiger partial charge is 0.290 e. The molecule has 0 saturated carbocycles. The summed E-state index contributed by atoms with van der Waals surface area (Å²) in [6.07, 6.45) is 2.51. The molecule has 0 unspecified atom stereocenters. The van der Waals surface area contributed by atoms with Crippen molar-refractivity contribution in [1.82, 2.24) is 9.88 Å². The second-order valence-electron chi connectivity index (χ2n) is 3.37. The molecule has 1 aromatic rings. The predicted octanol–water partition coefficient (Wildman–Crippen LogP) is 0.705. The van der Waals surface area contributed by atoms with Crippen LogP contribution in [0.4, 0.5) is 0 Å². The van der Waals surface area contributed by atoms with Crippen molar-refractivity contribution in [2.75, 3.05) is 27.2 Å². The van der Waals surface area contributed by atoms with Gasteiger partial charge in [0.1, 0.15) is 0 Å². The summed E-state index contributed by atoms with van der Waals surface area (Å²) >= 11 is 0. The molecular weight excluding hydrogens is 180 g/mol. The maximum absolute atomic E-state index is 11.2. The molecule has 0 bridgehead atoms. The third-order valence-corrected chi connectivity index (χ3v) is 1.79. The average Bonchev–Trinajstić information content (AvgIpc) is 2.15. The van der Waals surface area contributed by atoms with Gasteiger partial charge in [-0.05, 0) is 32.6 Å². The van der Waals surface area contributed by atoms with Gasteiger partial charge in [-0.2, -0.15) is 0 Å². The number of nitrogens with zero attached hydrogens (tertiary/aromatic N) is 1. The van der Waals surface area contributed by atoms with Gasteiger partial charge in [-0.15, -0.1) is 0 Å². The van der Waals surface area contributed by atoms with E-state index in [0.717, 1.165) is 13.0 Å². The maximum atomic E-state index is 11.2. The van der Waals surface area contributed by atoms with Crippen LogP contribution in [-0.2, 0) is 0 Å². The SMILES string of the molecule is CN(C)CCCOc1ccc[nH]c1=O. The van der Waals surface area contributed by atoms with Crippen LogP contribution in [-0.4, -0.2) is 37.1 Å². The van der Waals surface area contributed by atoms with E-state index in [9.17, 15) is 4.79 Å². The van der Waals surface area contributed by atoms with Crippen molar-refractivity contribution in [2.24, 2.45) is 0 Å². The maximum Gasteiger partial charge on any atom is 0.290 e. The van der Waals surface area contributed by atoms with Crippen molar-refractivity contribution < 1.29 is 4.74 Å². The lowest BCUT2D eigenvalue weighted by Crippen LogP contribution is -2.17. The molecule has 78 valence electrons. The standard InChI is InChI=1S/C10H16N2O2/c1-12(2)7-4-8-14-9-5-3-6-11-10(9)13/h3,5-6H,4,7-8H2,1-2H3,(H,11,13). The molecule has 0 atom stereocenters. The summed E-state index contributed by atoms with van der Waals surface area (Å²) in [5.74, 6) is 0.395. The Kier molecular flexibility index (Phi) is 4.19. The number of aromatic amines is 1. The lowest BCUT2D eigenvalue weighted by atomic mass is 10.4. The van der Waals surface area contributed by atoms with E-state index in [-0.39, 0.29) is 5.56 Å². The zero-order valence-electron chi connectivity index (χ0n) is 8.62. The zero-order chi connectivity index (χ0) is 10.4. The number of nitrogens with one attached hydrogen (secondary N) is 1. The van der Waals surface area contributed by atoms with Gasteiger partial charge in [0.25, 0.3) is 5.56 Å². The molecule has 0 aliphatic rings. The third-order valence-electron chi connectivity index (χ3n) is 1.79. The van der Waals surface area contributed by atoms with Gasteiger partial charge in [0.2, 0.25) is 0 Å². The minimum absolute atomic E-state index is 0.169. The highest BCUT2D eigenvalue weighted by Gasteiger charge is 1.98. The summed E-state index contributed by atoms with van der Waals surface area (Å²) in [4.78, 5) is 15.8. The van der Waals surface area contributed by atoms with E-state index in [0.29, 0.717) is 12.4 Å². The monoisotopic (exact) mass is 196 g/mol. The number of hydrogen-bond donors (Lipinski definition) is 1. The van der Waals surface area contributed by atoms with E-state index >= 15 is 0 Å². The van der Waals surface area contributed by atoms with Crippen LogP contribution in [0.2, 0.25) is 0 Å². The van der Waals surface area contributed by atoms with Crippen LogP contribution >= 0.6 is 0 Å². The first kappa shape index (κ1) is 10.8. The van der Waals surface area contributed by atoms with Crippen molar-refractivity contribution in [3.63, 3.8) is 0 Å². The van der Waals surface area contributed by atoms with E-state index in [1.54, 1.807) is 18.3 Å². The number of aromatic nitrogens is 1. The molecule has 1 N–H and O–H groups in total. The van der Waals surface area contributed by atoms with Crippen molar-refractivity contribution in [3.05, 3.63) is 28.7 Å². The van der Waals surface area contributed by atoms with Crippen LogP contribution in [0.15, 0.2) is 23.1 Å². The quantitative estimate of drug-likeness (QED) is 0.705. The zero-order valence-corrected chi connectivity index (χ0v) is 8.62. The van der Waals surface area contributed by atoms with Crippen LogP contribution in [0.1, 0.15) is 6.42 Å². The van der Waals surface area contributed by atoms with Gasteiger partial charge in [-0.1, -0.05) is 0 Å². The number of rotatable bonds is 5. The van der Waals surface area contributed by atoms with Crippen molar-refractivity contribution in [2.45, 2.75) is 6.42 Å². The summed E-state index contributed by atoms with van der Waals surface area (Å²) in [5, 5.41) is 0. The first-order chi connectivity index (χ1) is 6.70. The first-order valence-corrected chi connectivity index (χ1v) is 4.65. The van der Waals surface area contributed by atoms with E-state index in [1.807, 2.05) is 14.1 Å². The van der Waals surface area contributed by atoms with Crippen LogP contribution < -0.4 is 10.3 Å². The first-order valence-electron chi connectivity index (χ1n) is 4.65. The fourth-order valence-corrected chi connectivity index (χ4v) is 1.08. The van der Waals surface area contributed by atoms with Gasteiger partial charge in [-0.25, -0.2) is 0 Å². The van der Waals surface area contributed by atoms with Gasteiger partial charge in [-0.3, -0.25) is 4.79 Å². The van der Waals surface area contributed by atoms with Gasteiger partial charge in [0.05, 0.1) is 6.61 Å². The van der Waals surface area contributed by atoms with Crippen LogP contribution in [0.5, 0.6) is 5.75 Å². The molecule has 1 aromatic heterocycles. The number of hydrogen-bond acceptors (Lipinski definition) is 3. The molecule has 0 fully saturated rings. The Bertz CT molecular complexity index is 320. The Morgan fingerprint density at radius 2 is 2.29 bits per heavy atom. The normalized spacial score (nSPS) is 10.5. The highest BCUT2D eigenvalue weighted by Crippen LogP contribution is 2.00. The second kappa shape index (κ2) is 5.44. The molecule has 14 heavy (non-hydrogen) atoms. The third kappa shape index (κ3) is 3.62. The minimum atomic E-state index is -0.169. The number of H-pyrrole nitrogens is 1. The van der Waals surface area contributed by atoms with Gasteiger partial charge in [0, 0.05) is 12.7 Å². The summed E-state index contributed by atoms with van der Waals surface area (Å²) in [6, 6.07) is 3.43. The molecule has 0 saturated heterocycles. The van der Waals surface area contributed by atoms with E-state index in [1.165, 1.54) is 0 Å². The van der Waals surface area contributed by atoms with Gasteiger partial charge < -0.3 is 14.6 Å². The molecule has 1 heterocycles. The fraction of sp³-hybridized carbons (Fsp3) is 0.500. The molecule has 0 aliphatic heterocycles. The number of ether oxygens (including phenoxy) is 1. The molecule has 0 aliphatic carbocycles. The second-order valence-corrected chi connectivity index (χ2v) is 3.37. The topological polar surface area (TPSA) is 45.3 Å². The van der Waals surface area contributed by atoms with Crippen LogP contribution in [0.25, 0.3) is 0 Å². The van der Waals surface area contributed by atoms with Gasteiger partial charge >= 0.3 is 0 Å². The van der Waals surface area contributed by atoms with E-state index in [2.05, 4.69) is 9.88 Å². The number of pyridine rings is 1. The predicted molar refractivity (Wildman–Crippen MR) is 55.7 cm³/mol. The lowest BCUT2D eigenvalue weighted by molar-refractivity contribution is 0.278. The Labute approximate surface area is 83.5 Å². The van der Waals surface area contributed by atoms with Crippen LogP contribution in [0.3, 0.4) is 0 Å². The van der Waals surface area contributed by atoms with E-state index in [4.69, 9.17) is 4.74 Å². The Morgan fingerprint density at radius 3 is 2.93 bits per heavy atom. The summed E-state index contributed by atoms with van der Waals surface area (Å²) in [7, 11) is 4.02. The molecule has 1 rings (SSSR count). The largest absolute Gasteiger partial charge is 0.488 e. The summed E-state index contributed by atoms with van der Waals surface area (Å²) in [5.41, 5.74) is -0.169. The lowest BCUT2D eigenvalue weighted by Gasteiger charge is -2.09. The average molecular weight is 196 g/mol. The molecule has 0 radical (unpaired) electrons. The van der Waals surface area contributed by atoms with Crippen molar-refractivity contribution in [3.8, 4) is 5.75 Å². The molecule has 4 nitrogen and oxygen atoms in total. The molecule has 0 amide bonds. The molecule has 0 spiro atoms. The Morgan fingerprint density at radius 1 is 1.50 bits per heavy atom.